The molecule has 1 atom stereocenters. The fourth-order valence-electron chi connectivity index (χ4n) is 3.96. The first kappa shape index (κ1) is 20.9. The average molecular weight is 423 g/mol. The second-order valence-electron chi connectivity index (χ2n) is 7.86. The first-order chi connectivity index (χ1) is 14.8. The molecular formula is C24H30N4OS. The van der Waals surface area contributed by atoms with Gasteiger partial charge in [-0.1, -0.05) is 42.0 Å². The van der Waals surface area contributed by atoms with Crippen LogP contribution in [0, 0.1) is 0 Å². The third kappa shape index (κ3) is 5.86. The van der Waals surface area contributed by atoms with Crippen molar-refractivity contribution >= 4 is 11.8 Å². The van der Waals surface area contributed by atoms with Crippen molar-refractivity contribution in [2.75, 3.05) is 26.7 Å². The molecular weight excluding hydrogens is 392 g/mol. The molecule has 5 nitrogen and oxygen atoms in total. The molecule has 3 aromatic rings. The Bertz CT molecular complexity index is 891. The van der Waals surface area contributed by atoms with Crippen molar-refractivity contribution in [1.82, 2.24) is 19.9 Å². The molecule has 1 aromatic heterocycles. The maximum absolute atomic E-state index is 5.23. The van der Waals surface area contributed by atoms with Gasteiger partial charge in [0.05, 0.1) is 18.8 Å². The SMILES string of the molecule is COc1ccc(SCc2cn(C(Cc3ccccc3)CN3CCCCC3)nn2)cc1. The predicted octanol–water partition coefficient (Wildman–Crippen LogP) is 4.85. The Morgan fingerprint density at radius 3 is 2.50 bits per heavy atom. The van der Waals surface area contributed by atoms with Gasteiger partial charge >= 0.3 is 0 Å². The van der Waals surface area contributed by atoms with E-state index in [4.69, 9.17) is 4.74 Å². The summed E-state index contributed by atoms with van der Waals surface area (Å²) in [5.74, 6) is 1.69. The summed E-state index contributed by atoms with van der Waals surface area (Å²) in [4.78, 5) is 3.80. The number of rotatable bonds is 9. The molecule has 1 fully saturated rings. The molecule has 0 bridgehead atoms. The minimum Gasteiger partial charge on any atom is -0.497 e. The fraction of sp³-hybridized carbons (Fsp3) is 0.417. The highest BCUT2D eigenvalue weighted by Crippen LogP contribution is 2.25. The van der Waals surface area contributed by atoms with E-state index in [0.29, 0.717) is 6.04 Å². The number of methoxy groups -OCH3 is 1. The van der Waals surface area contributed by atoms with Crippen LogP contribution in [0.4, 0.5) is 0 Å². The molecule has 0 N–H and O–H groups in total. The summed E-state index contributed by atoms with van der Waals surface area (Å²) in [5, 5.41) is 8.99. The van der Waals surface area contributed by atoms with Gasteiger partial charge in [0, 0.05) is 23.4 Å². The number of likely N-dealkylation sites (tertiary alicyclic amines) is 1. The molecule has 1 aliphatic heterocycles. The second kappa shape index (κ2) is 10.6. The summed E-state index contributed by atoms with van der Waals surface area (Å²) in [6.07, 6.45) is 7.08. The molecule has 30 heavy (non-hydrogen) atoms. The third-order valence-electron chi connectivity index (χ3n) is 5.61. The van der Waals surface area contributed by atoms with Crippen molar-refractivity contribution in [1.29, 1.82) is 0 Å². The molecule has 1 saturated heterocycles. The fourth-order valence-corrected chi connectivity index (χ4v) is 4.73. The number of benzene rings is 2. The number of thioether (sulfide) groups is 1. The smallest absolute Gasteiger partial charge is 0.118 e. The summed E-state index contributed by atoms with van der Waals surface area (Å²) >= 11 is 1.78. The van der Waals surface area contributed by atoms with E-state index in [1.807, 2.05) is 12.1 Å². The van der Waals surface area contributed by atoms with Gasteiger partial charge in [-0.25, -0.2) is 4.68 Å². The normalized spacial score (nSPS) is 15.8. The Hall–Kier alpha value is -2.31. The van der Waals surface area contributed by atoms with Crippen LogP contribution in [0.15, 0.2) is 65.7 Å². The predicted molar refractivity (Wildman–Crippen MR) is 122 cm³/mol. The van der Waals surface area contributed by atoms with E-state index >= 15 is 0 Å². The van der Waals surface area contributed by atoms with E-state index in [9.17, 15) is 0 Å². The van der Waals surface area contributed by atoms with Crippen molar-refractivity contribution in [2.24, 2.45) is 0 Å². The van der Waals surface area contributed by atoms with Gasteiger partial charge in [0.25, 0.3) is 0 Å². The highest BCUT2D eigenvalue weighted by molar-refractivity contribution is 7.98. The number of hydrogen-bond acceptors (Lipinski definition) is 5. The molecule has 0 spiro atoms. The molecule has 1 unspecified atom stereocenters. The van der Waals surface area contributed by atoms with Gasteiger partial charge in [0.2, 0.25) is 0 Å². The van der Waals surface area contributed by atoms with Gasteiger partial charge in [-0.15, -0.1) is 16.9 Å². The maximum atomic E-state index is 5.23. The first-order valence-electron chi connectivity index (χ1n) is 10.7. The number of piperidine rings is 1. The molecule has 2 heterocycles. The van der Waals surface area contributed by atoms with Crippen molar-refractivity contribution in [2.45, 2.75) is 42.4 Å². The molecule has 0 amide bonds. The van der Waals surface area contributed by atoms with Crippen LogP contribution in [0.3, 0.4) is 0 Å². The van der Waals surface area contributed by atoms with Crippen LogP contribution < -0.4 is 4.74 Å². The van der Waals surface area contributed by atoms with Crippen molar-refractivity contribution in [3.63, 3.8) is 0 Å². The molecule has 4 rings (SSSR count). The maximum Gasteiger partial charge on any atom is 0.118 e. The second-order valence-corrected chi connectivity index (χ2v) is 8.91. The topological polar surface area (TPSA) is 43.2 Å². The highest BCUT2D eigenvalue weighted by atomic mass is 32.2. The van der Waals surface area contributed by atoms with Crippen LogP contribution in [-0.4, -0.2) is 46.6 Å². The van der Waals surface area contributed by atoms with Crippen molar-refractivity contribution in [3.05, 3.63) is 72.1 Å². The molecule has 0 radical (unpaired) electrons. The Morgan fingerprint density at radius 2 is 1.77 bits per heavy atom. The van der Waals surface area contributed by atoms with E-state index in [1.165, 1.54) is 42.8 Å². The largest absolute Gasteiger partial charge is 0.497 e. The Kier molecular flexibility index (Phi) is 7.43. The van der Waals surface area contributed by atoms with Crippen molar-refractivity contribution in [3.8, 4) is 5.75 Å². The molecule has 2 aromatic carbocycles. The van der Waals surface area contributed by atoms with Crippen LogP contribution in [0.2, 0.25) is 0 Å². The summed E-state index contributed by atoms with van der Waals surface area (Å²) in [5.41, 5.74) is 2.37. The summed E-state index contributed by atoms with van der Waals surface area (Å²) in [7, 11) is 1.69. The van der Waals surface area contributed by atoms with Crippen molar-refractivity contribution < 1.29 is 4.74 Å². The van der Waals surface area contributed by atoms with Gasteiger partial charge < -0.3 is 9.64 Å². The van der Waals surface area contributed by atoms with E-state index in [1.54, 1.807) is 18.9 Å². The Morgan fingerprint density at radius 1 is 1.00 bits per heavy atom. The molecule has 0 aliphatic carbocycles. The van der Waals surface area contributed by atoms with Gasteiger partial charge in [-0.05, 0) is 62.2 Å². The first-order valence-corrected chi connectivity index (χ1v) is 11.7. The lowest BCUT2D eigenvalue weighted by Crippen LogP contribution is -2.36. The van der Waals surface area contributed by atoms with Gasteiger partial charge in [-0.2, -0.15) is 0 Å². The van der Waals surface area contributed by atoms with Crippen LogP contribution >= 0.6 is 11.8 Å². The molecule has 158 valence electrons. The highest BCUT2D eigenvalue weighted by Gasteiger charge is 2.20. The lowest BCUT2D eigenvalue weighted by Gasteiger charge is -2.30. The number of ether oxygens (including phenoxy) is 1. The van der Waals surface area contributed by atoms with Crippen LogP contribution in [0.5, 0.6) is 5.75 Å². The number of nitrogens with zero attached hydrogens (tertiary/aromatic N) is 4. The standard InChI is InChI=1S/C24H30N4OS/c1-29-23-10-12-24(13-11-23)30-19-21-17-28(26-25-21)22(16-20-8-4-2-5-9-20)18-27-14-6-3-7-15-27/h2,4-5,8-13,17,22H,3,6-7,14-16,18-19H2,1H3. The van der Waals surface area contributed by atoms with Gasteiger partial charge in [0.1, 0.15) is 5.75 Å². The van der Waals surface area contributed by atoms with Gasteiger partial charge in [-0.3, -0.25) is 0 Å². The van der Waals surface area contributed by atoms with E-state index in [2.05, 4.69) is 68.6 Å². The van der Waals surface area contributed by atoms with E-state index in [-0.39, 0.29) is 0 Å². The van der Waals surface area contributed by atoms with Crippen LogP contribution in [0.1, 0.15) is 36.6 Å². The zero-order valence-electron chi connectivity index (χ0n) is 17.6. The minimum atomic E-state index is 0.303. The monoisotopic (exact) mass is 422 g/mol. The van der Waals surface area contributed by atoms with E-state index < -0.39 is 0 Å². The van der Waals surface area contributed by atoms with Gasteiger partial charge in [0.15, 0.2) is 0 Å². The Balaban J connectivity index is 1.42. The Labute approximate surface area is 183 Å². The van der Waals surface area contributed by atoms with E-state index in [0.717, 1.165) is 30.2 Å². The molecule has 6 heteroatoms. The molecule has 0 saturated carbocycles. The molecule has 1 aliphatic rings. The summed E-state index contributed by atoms with van der Waals surface area (Å²) in [6.45, 7) is 3.42. The number of hydrogen-bond donors (Lipinski definition) is 0. The third-order valence-corrected chi connectivity index (χ3v) is 6.66. The summed E-state index contributed by atoms with van der Waals surface area (Å²) < 4.78 is 7.32. The van der Waals surface area contributed by atoms with Crippen LogP contribution in [0.25, 0.3) is 0 Å². The number of aromatic nitrogens is 3. The zero-order chi connectivity index (χ0) is 20.6. The lowest BCUT2D eigenvalue weighted by atomic mass is 10.0. The summed E-state index contributed by atoms with van der Waals surface area (Å²) in [6, 6.07) is 19.2. The van der Waals surface area contributed by atoms with Crippen LogP contribution in [-0.2, 0) is 12.2 Å². The quantitative estimate of drug-likeness (QED) is 0.461. The zero-order valence-corrected chi connectivity index (χ0v) is 18.4. The average Bonchev–Trinajstić information content (AvgIpc) is 3.28. The lowest BCUT2D eigenvalue weighted by molar-refractivity contribution is 0.189. The minimum absolute atomic E-state index is 0.303.